The highest BCUT2D eigenvalue weighted by molar-refractivity contribution is 7.99. The zero-order chi connectivity index (χ0) is 50.3. The molecule has 7 rings (SSSR count). The highest BCUT2D eigenvalue weighted by atomic mass is 35.5. The monoisotopic (exact) mass is 1040 g/mol. The summed E-state index contributed by atoms with van der Waals surface area (Å²) in [4.78, 5) is 21.8. The van der Waals surface area contributed by atoms with E-state index in [1.807, 2.05) is 47.2 Å². The van der Waals surface area contributed by atoms with Gasteiger partial charge in [0.25, 0.3) is 25.8 Å². The van der Waals surface area contributed by atoms with Crippen molar-refractivity contribution in [2.24, 2.45) is 5.41 Å². The van der Waals surface area contributed by atoms with Gasteiger partial charge in [0.1, 0.15) is 4.90 Å². The van der Waals surface area contributed by atoms with Gasteiger partial charge in [-0.05, 0) is 148 Å². The summed E-state index contributed by atoms with van der Waals surface area (Å²) in [6.07, 6.45) is 5.63. The molecule has 2 saturated heterocycles. The Morgan fingerprint density at radius 1 is 0.857 bits per heavy atom. The van der Waals surface area contributed by atoms with Crippen LogP contribution in [0, 0.1) is 5.41 Å². The number of rotatable bonds is 19. The fourth-order valence-electron chi connectivity index (χ4n) is 9.91. The van der Waals surface area contributed by atoms with E-state index in [2.05, 4.69) is 64.7 Å². The summed E-state index contributed by atoms with van der Waals surface area (Å²) < 4.78 is 98.7. The number of hydrogen-bond donors (Lipinski definition) is 2. The first-order chi connectivity index (χ1) is 33.2. The number of sulfonamides is 1. The molecular weight excluding hydrogens is 977 g/mol. The number of anilines is 2. The van der Waals surface area contributed by atoms with Crippen molar-refractivity contribution in [3.05, 3.63) is 119 Å². The SMILES string of the molecule is CCN(CC)C1CCN(CCC(CSc2ccccc2)Nc2ccc(S(=O)(=O)NC(=O)c3ccc(N4CCN(CC5=C(c6ccc(Cl)cc6)CCC(C)(C)C5)CC4)cc3)cc2S(=O)(=O)C(F)(F)F)CC1. The van der Waals surface area contributed by atoms with Gasteiger partial charge in [-0.2, -0.15) is 13.2 Å². The van der Waals surface area contributed by atoms with E-state index in [0.717, 1.165) is 114 Å². The Hall–Kier alpha value is -4.10. The van der Waals surface area contributed by atoms with Crippen LogP contribution in [0.4, 0.5) is 24.5 Å². The maximum absolute atomic E-state index is 14.3. The van der Waals surface area contributed by atoms with Crippen molar-refractivity contribution >= 4 is 66.1 Å². The molecule has 4 aromatic rings. The third-order valence-electron chi connectivity index (χ3n) is 14.0. The molecule has 0 radical (unpaired) electrons. The number of nitrogens with zero attached hydrogens (tertiary/aromatic N) is 4. The van der Waals surface area contributed by atoms with Gasteiger partial charge in [-0.3, -0.25) is 9.69 Å². The van der Waals surface area contributed by atoms with Crippen molar-refractivity contribution in [3.8, 4) is 0 Å². The first-order valence-corrected chi connectivity index (χ1v) is 28.6. The molecular formula is C52H66ClF3N6O5S3. The lowest BCUT2D eigenvalue weighted by Crippen LogP contribution is -2.47. The molecule has 11 nitrogen and oxygen atoms in total. The summed E-state index contributed by atoms with van der Waals surface area (Å²) >= 11 is 7.68. The molecule has 3 aliphatic rings. The smallest absolute Gasteiger partial charge is 0.380 e. The predicted molar refractivity (Wildman–Crippen MR) is 277 cm³/mol. The van der Waals surface area contributed by atoms with E-state index in [4.69, 9.17) is 11.6 Å². The average Bonchev–Trinajstić information content (AvgIpc) is 3.33. The topological polar surface area (TPSA) is 122 Å². The van der Waals surface area contributed by atoms with Crippen LogP contribution in [0.15, 0.2) is 117 Å². The minimum absolute atomic E-state index is 0.00463. The van der Waals surface area contributed by atoms with Crippen molar-refractivity contribution in [1.82, 2.24) is 19.4 Å². The number of carbonyl (C=O) groups excluding carboxylic acids is 1. The Bertz CT molecular complexity index is 2650. The number of carbonyl (C=O) groups is 1. The molecule has 1 aliphatic carbocycles. The molecule has 380 valence electrons. The third kappa shape index (κ3) is 13.7. The van der Waals surface area contributed by atoms with E-state index in [9.17, 15) is 34.8 Å². The van der Waals surface area contributed by atoms with Crippen LogP contribution in [0.1, 0.15) is 82.1 Å². The molecule has 2 fully saturated rings. The first-order valence-electron chi connectivity index (χ1n) is 24.2. The summed E-state index contributed by atoms with van der Waals surface area (Å²) in [5.41, 5.74) is -0.974. The Morgan fingerprint density at radius 3 is 2.14 bits per heavy atom. The van der Waals surface area contributed by atoms with Gasteiger partial charge in [0.05, 0.1) is 10.6 Å². The van der Waals surface area contributed by atoms with Gasteiger partial charge in [-0.25, -0.2) is 21.6 Å². The number of halogens is 4. The van der Waals surface area contributed by atoms with Crippen LogP contribution >= 0.6 is 23.4 Å². The van der Waals surface area contributed by atoms with Crippen molar-refractivity contribution in [2.45, 2.75) is 98.5 Å². The number of thioether (sulfide) groups is 1. The second-order valence-electron chi connectivity index (χ2n) is 19.3. The lowest BCUT2D eigenvalue weighted by atomic mass is 9.73. The van der Waals surface area contributed by atoms with Crippen molar-refractivity contribution in [3.63, 3.8) is 0 Å². The van der Waals surface area contributed by atoms with Gasteiger partial charge >= 0.3 is 5.51 Å². The van der Waals surface area contributed by atoms with Gasteiger partial charge in [0.15, 0.2) is 0 Å². The van der Waals surface area contributed by atoms with Crippen molar-refractivity contribution < 1.29 is 34.8 Å². The number of likely N-dealkylation sites (tertiary alicyclic amines) is 1. The zero-order valence-corrected chi connectivity index (χ0v) is 43.7. The van der Waals surface area contributed by atoms with Crippen LogP contribution in [0.2, 0.25) is 5.02 Å². The van der Waals surface area contributed by atoms with Crippen LogP contribution in [0.25, 0.3) is 5.57 Å². The van der Waals surface area contributed by atoms with Crippen LogP contribution in [-0.4, -0.2) is 126 Å². The minimum atomic E-state index is -6.06. The fraction of sp³-hybridized carbons (Fsp3) is 0.481. The van der Waals surface area contributed by atoms with Crippen LogP contribution in [0.5, 0.6) is 0 Å². The summed E-state index contributed by atoms with van der Waals surface area (Å²) in [7, 11) is -10.9. The van der Waals surface area contributed by atoms with E-state index < -0.39 is 47.1 Å². The summed E-state index contributed by atoms with van der Waals surface area (Å²) in [5.74, 6) is -0.627. The maximum atomic E-state index is 14.3. The number of amides is 1. The number of hydrogen-bond acceptors (Lipinski definition) is 11. The maximum Gasteiger partial charge on any atom is 0.501 e. The summed E-state index contributed by atoms with van der Waals surface area (Å²) in [6.45, 7) is 17.2. The number of piperidine rings is 1. The molecule has 0 aromatic heterocycles. The summed E-state index contributed by atoms with van der Waals surface area (Å²) in [6, 6.07) is 26.5. The molecule has 4 aromatic carbocycles. The van der Waals surface area contributed by atoms with E-state index in [0.29, 0.717) is 35.8 Å². The number of allylic oxidation sites excluding steroid dienone is 1. The molecule has 1 atom stereocenters. The van der Waals surface area contributed by atoms with Gasteiger partial charge in [0, 0.05) is 78.3 Å². The Kier molecular flexibility index (Phi) is 17.8. The molecule has 0 bridgehead atoms. The van der Waals surface area contributed by atoms with Gasteiger partial charge in [0.2, 0.25) is 0 Å². The number of nitrogens with one attached hydrogen (secondary N) is 2. The van der Waals surface area contributed by atoms with Gasteiger partial charge in [-0.15, -0.1) is 11.8 Å². The second kappa shape index (κ2) is 23.2. The lowest BCUT2D eigenvalue weighted by Gasteiger charge is -2.39. The minimum Gasteiger partial charge on any atom is -0.380 e. The highest BCUT2D eigenvalue weighted by Gasteiger charge is 2.48. The van der Waals surface area contributed by atoms with Crippen molar-refractivity contribution in [1.29, 1.82) is 0 Å². The Labute approximate surface area is 422 Å². The fourth-order valence-corrected chi connectivity index (χ4v) is 13.1. The lowest BCUT2D eigenvalue weighted by molar-refractivity contribution is -0.0435. The molecule has 18 heteroatoms. The normalized spacial score (nSPS) is 18.3. The Balaban J connectivity index is 1.01. The molecule has 1 amide bonds. The number of piperazine rings is 1. The predicted octanol–water partition coefficient (Wildman–Crippen LogP) is 10.3. The van der Waals surface area contributed by atoms with Crippen LogP contribution < -0.4 is 14.9 Å². The Morgan fingerprint density at radius 2 is 1.51 bits per heavy atom. The van der Waals surface area contributed by atoms with Crippen LogP contribution in [-0.2, 0) is 19.9 Å². The van der Waals surface area contributed by atoms with Gasteiger partial charge < -0.3 is 20.0 Å². The summed E-state index contributed by atoms with van der Waals surface area (Å²) in [5, 5.41) is 3.78. The van der Waals surface area contributed by atoms with E-state index in [-0.39, 0.29) is 16.7 Å². The first kappa shape index (κ1) is 53.7. The average molecular weight is 1040 g/mol. The molecule has 1 unspecified atom stereocenters. The van der Waals surface area contributed by atoms with E-state index in [1.165, 1.54) is 40.6 Å². The quantitative estimate of drug-likeness (QED) is 0.0873. The highest BCUT2D eigenvalue weighted by Crippen LogP contribution is 2.43. The third-order valence-corrected chi connectivity index (χ3v) is 18.2. The number of alkyl halides is 3. The molecule has 2 N–H and O–H groups in total. The van der Waals surface area contributed by atoms with Crippen molar-refractivity contribution in [2.75, 3.05) is 81.4 Å². The van der Waals surface area contributed by atoms with Crippen LogP contribution in [0.3, 0.4) is 0 Å². The number of sulfone groups is 1. The molecule has 2 heterocycles. The van der Waals surface area contributed by atoms with E-state index >= 15 is 0 Å². The number of benzene rings is 4. The second-order valence-corrected chi connectivity index (χ2v) is 24.5. The molecule has 0 saturated carbocycles. The largest absolute Gasteiger partial charge is 0.501 e. The molecule has 0 spiro atoms. The standard InChI is InChI=1S/C52H66ClF3N6O5S3/c1-5-61(6-2)44-24-28-59(29-25-44)27-23-42(37-68-45-10-8-7-9-11-45)57-48-21-20-46(34-49(48)69(64,65)52(54,55)56)70(66,67)58-50(63)39-14-18-43(19-15-39)62-32-30-60(31-33-62)36-40-35-51(3,4)26-22-47(40)38-12-16-41(53)17-13-38/h7-21,34,42,44,57H,5-6,22-33,35-37H2,1-4H3,(H,58,63). The zero-order valence-electron chi connectivity index (χ0n) is 40.5. The van der Waals surface area contributed by atoms with Gasteiger partial charge in [-0.1, -0.05) is 75.2 Å². The molecule has 70 heavy (non-hydrogen) atoms. The van der Waals surface area contributed by atoms with E-state index in [1.54, 1.807) is 12.1 Å². The molecule has 2 aliphatic heterocycles.